The molecule has 112 valence electrons. The minimum absolute atomic E-state index is 0.00241. The maximum atomic E-state index is 11.7. The summed E-state index contributed by atoms with van der Waals surface area (Å²) in [5.74, 6) is -1.44. The van der Waals surface area contributed by atoms with Crippen LogP contribution in [0.3, 0.4) is 0 Å². The largest absolute Gasteiger partial charge is 0.478 e. The van der Waals surface area contributed by atoms with Crippen LogP contribution in [0.15, 0.2) is 12.2 Å². The molecule has 1 saturated heterocycles. The highest BCUT2D eigenvalue weighted by molar-refractivity contribution is 5.94. The van der Waals surface area contributed by atoms with Crippen molar-refractivity contribution >= 4 is 17.8 Å². The number of hydrogen-bond acceptors (Lipinski definition) is 4. The lowest BCUT2D eigenvalue weighted by atomic mass is 10.3. The highest BCUT2D eigenvalue weighted by Gasteiger charge is 2.21. The Morgan fingerprint density at radius 2 is 1.80 bits per heavy atom. The molecule has 20 heavy (non-hydrogen) atoms. The van der Waals surface area contributed by atoms with Gasteiger partial charge in [0.15, 0.2) is 0 Å². The summed E-state index contributed by atoms with van der Waals surface area (Å²) in [6.45, 7) is 5.26. The highest BCUT2D eigenvalue weighted by Crippen LogP contribution is 2.02. The molecule has 0 saturated carbocycles. The monoisotopic (exact) mass is 283 g/mol. The van der Waals surface area contributed by atoms with Crippen LogP contribution < -0.4 is 5.32 Å². The first-order valence-corrected chi connectivity index (χ1v) is 6.72. The van der Waals surface area contributed by atoms with Gasteiger partial charge in [0.05, 0.1) is 6.54 Å². The SMILES string of the molecule is CCCNC(=O)CN1CCN(C(=O)/C=C/C(=O)O)CC1. The molecule has 1 fully saturated rings. The second-order valence-electron chi connectivity index (χ2n) is 4.62. The maximum absolute atomic E-state index is 11.7. The van der Waals surface area contributed by atoms with Crippen LogP contribution in [0.1, 0.15) is 13.3 Å². The Morgan fingerprint density at radius 3 is 2.35 bits per heavy atom. The van der Waals surface area contributed by atoms with Gasteiger partial charge in [-0.1, -0.05) is 6.92 Å². The van der Waals surface area contributed by atoms with Gasteiger partial charge in [-0.2, -0.15) is 0 Å². The molecule has 0 aromatic rings. The molecule has 0 bridgehead atoms. The number of nitrogens with zero attached hydrogens (tertiary/aromatic N) is 2. The number of nitrogens with one attached hydrogen (secondary N) is 1. The van der Waals surface area contributed by atoms with Gasteiger partial charge in [-0.05, 0) is 6.42 Å². The van der Waals surface area contributed by atoms with Gasteiger partial charge in [0.2, 0.25) is 11.8 Å². The fourth-order valence-electron chi connectivity index (χ4n) is 1.90. The highest BCUT2D eigenvalue weighted by atomic mass is 16.4. The van der Waals surface area contributed by atoms with Crippen molar-refractivity contribution in [2.45, 2.75) is 13.3 Å². The molecule has 1 aliphatic rings. The maximum Gasteiger partial charge on any atom is 0.328 e. The lowest BCUT2D eigenvalue weighted by Crippen LogP contribution is -2.50. The summed E-state index contributed by atoms with van der Waals surface area (Å²) in [7, 11) is 0. The van der Waals surface area contributed by atoms with E-state index in [1.54, 1.807) is 4.90 Å². The minimum atomic E-state index is -1.13. The van der Waals surface area contributed by atoms with Crippen molar-refractivity contribution in [1.29, 1.82) is 0 Å². The molecule has 0 aliphatic carbocycles. The van der Waals surface area contributed by atoms with Crippen LogP contribution in [0.5, 0.6) is 0 Å². The Kier molecular flexibility index (Phi) is 6.72. The molecule has 1 heterocycles. The Labute approximate surface area is 118 Å². The zero-order valence-corrected chi connectivity index (χ0v) is 11.7. The average Bonchev–Trinajstić information content (AvgIpc) is 2.43. The standard InChI is InChI=1S/C13H21N3O4/c1-2-5-14-11(17)10-15-6-8-16(9-7-15)12(18)3-4-13(19)20/h3-4H,2,5-10H2,1H3,(H,14,17)(H,19,20)/b4-3+. The van der Waals surface area contributed by atoms with Crippen LogP contribution in [-0.4, -0.2) is 72.0 Å². The normalized spacial score (nSPS) is 16.4. The van der Waals surface area contributed by atoms with Gasteiger partial charge < -0.3 is 15.3 Å². The summed E-state index contributed by atoms with van der Waals surface area (Å²) in [5, 5.41) is 11.3. The van der Waals surface area contributed by atoms with E-state index in [-0.39, 0.29) is 11.8 Å². The molecular formula is C13H21N3O4. The van der Waals surface area contributed by atoms with Crippen molar-refractivity contribution in [3.8, 4) is 0 Å². The fourth-order valence-corrected chi connectivity index (χ4v) is 1.90. The van der Waals surface area contributed by atoms with Gasteiger partial charge in [0.1, 0.15) is 0 Å². The number of carboxylic acids is 1. The third kappa shape index (κ3) is 5.83. The minimum Gasteiger partial charge on any atom is -0.478 e. The Balaban J connectivity index is 2.31. The predicted octanol–water partition coefficient (Wildman–Crippen LogP) is -0.702. The molecular weight excluding hydrogens is 262 g/mol. The average molecular weight is 283 g/mol. The molecule has 0 aromatic carbocycles. The second kappa shape index (κ2) is 8.31. The Hall–Kier alpha value is -1.89. The first-order valence-electron chi connectivity index (χ1n) is 6.72. The van der Waals surface area contributed by atoms with Crippen molar-refractivity contribution in [2.75, 3.05) is 39.3 Å². The first kappa shape index (κ1) is 16.2. The van der Waals surface area contributed by atoms with Crippen LogP contribution in [0.4, 0.5) is 0 Å². The van der Waals surface area contributed by atoms with Crippen molar-refractivity contribution in [1.82, 2.24) is 15.1 Å². The predicted molar refractivity (Wildman–Crippen MR) is 73.1 cm³/mol. The molecule has 0 radical (unpaired) electrons. The van der Waals surface area contributed by atoms with Gasteiger partial charge >= 0.3 is 5.97 Å². The Morgan fingerprint density at radius 1 is 1.15 bits per heavy atom. The van der Waals surface area contributed by atoms with E-state index < -0.39 is 5.97 Å². The zero-order valence-electron chi connectivity index (χ0n) is 11.7. The van der Waals surface area contributed by atoms with Crippen LogP contribution in [0.25, 0.3) is 0 Å². The summed E-state index contributed by atoms with van der Waals surface area (Å²) < 4.78 is 0. The molecule has 0 aromatic heterocycles. The fraction of sp³-hybridized carbons (Fsp3) is 0.615. The molecule has 0 spiro atoms. The number of carboxylic acid groups (broad SMARTS) is 1. The van der Waals surface area contributed by atoms with Gasteiger partial charge in [-0.15, -0.1) is 0 Å². The third-order valence-electron chi connectivity index (χ3n) is 2.99. The van der Waals surface area contributed by atoms with Crippen LogP contribution in [0.2, 0.25) is 0 Å². The number of aliphatic carboxylic acids is 1. The molecule has 2 N–H and O–H groups in total. The van der Waals surface area contributed by atoms with Crippen molar-refractivity contribution < 1.29 is 19.5 Å². The number of amides is 2. The summed E-state index contributed by atoms with van der Waals surface area (Å²) in [4.78, 5) is 37.1. The number of rotatable bonds is 6. The third-order valence-corrected chi connectivity index (χ3v) is 2.99. The summed E-state index contributed by atoms with van der Waals surface area (Å²) >= 11 is 0. The van der Waals surface area contributed by atoms with E-state index in [4.69, 9.17) is 5.11 Å². The van der Waals surface area contributed by atoms with Crippen molar-refractivity contribution in [3.63, 3.8) is 0 Å². The number of hydrogen-bond donors (Lipinski definition) is 2. The second-order valence-corrected chi connectivity index (χ2v) is 4.62. The van der Waals surface area contributed by atoms with E-state index in [1.165, 1.54) is 0 Å². The van der Waals surface area contributed by atoms with Gasteiger partial charge in [0.25, 0.3) is 0 Å². The first-order chi connectivity index (χ1) is 9.52. The lowest BCUT2D eigenvalue weighted by molar-refractivity contribution is -0.133. The van der Waals surface area contributed by atoms with Crippen LogP contribution in [0, 0.1) is 0 Å². The van der Waals surface area contributed by atoms with E-state index in [2.05, 4.69) is 5.32 Å². The molecule has 0 atom stereocenters. The van der Waals surface area contributed by atoms with Crippen LogP contribution >= 0.6 is 0 Å². The van der Waals surface area contributed by atoms with Gasteiger partial charge in [-0.25, -0.2) is 4.79 Å². The molecule has 1 rings (SSSR count). The van der Waals surface area contributed by atoms with E-state index in [9.17, 15) is 14.4 Å². The van der Waals surface area contributed by atoms with Gasteiger partial charge in [0, 0.05) is 44.9 Å². The van der Waals surface area contributed by atoms with Crippen LogP contribution in [-0.2, 0) is 14.4 Å². The van der Waals surface area contributed by atoms with E-state index in [0.29, 0.717) is 39.3 Å². The number of carbonyl (C=O) groups excluding carboxylic acids is 2. The smallest absolute Gasteiger partial charge is 0.328 e. The van der Waals surface area contributed by atoms with E-state index in [1.807, 2.05) is 11.8 Å². The van der Waals surface area contributed by atoms with Crippen molar-refractivity contribution in [2.24, 2.45) is 0 Å². The van der Waals surface area contributed by atoms with Gasteiger partial charge in [-0.3, -0.25) is 14.5 Å². The Bertz CT molecular complexity index is 387. The molecule has 1 aliphatic heterocycles. The summed E-state index contributed by atoms with van der Waals surface area (Å²) in [6.07, 6.45) is 2.81. The summed E-state index contributed by atoms with van der Waals surface area (Å²) in [6, 6.07) is 0. The number of carbonyl (C=O) groups is 3. The lowest BCUT2D eigenvalue weighted by Gasteiger charge is -2.33. The topological polar surface area (TPSA) is 90.0 Å². The van der Waals surface area contributed by atoms with E-state index >= 15 is 0 Å². The summed E-state index contributed by atoms with van der Waals surface area (Å²) in [5.41, 5.74) is 0. The van der Waals surface area contributed by atoms with E-state index in [0.717, 1.165) is 18.6 Å². The van der Waals surface area contributed by atoms with Crippen molar-refractivity contribution in [3.05, 3.63) is 12.2 Å². The molecule has 7 nitrogen and oxygen atoms in total. The molecule has 2 amide bonds. The quantitative estimate of drug-likeness (QED) is 0.629. The number of piperazine rings is 1. The zero-order chi connectivity index (χ0) is 15.0. The molecule has 0 unspecified atom stereocenters. The molecule has 7 heteroatoms.